The van der Waals surface area contributed by atoms with Gasteiger partial charge in [0.2, 0.25) is 9.05 Å². The van der Waals surface area contributed by atoms with Gasteiger partial charge in [0, 0.05) is 10.7 Å². The number of hydrogen-bond acceptors (Lipinski definition) is 6. The Kier molecular flexibility index (Phi) is 4.74. The number of halogens is 1. The normalized spacial score (nSPS) is 11.0. The van der Waals surface area contributed by atoms with Crippen LogP contribution >= 0.6 is 10.7 Å². The Balaban J connectivity index is 2.85. The monoisotopic (exact) mass is 295 g/mol. The van der Waals surface area contributed by atoms with Crippen LogP contribution in [0.25, 0.3) is 0 Å². The van der Waals surface area contributed by atoms with Crippen LogP contribution in [0.4, 0.5) is 5.69 Å². The van der Waals surface area contributed by atoms with E-state index in [0.717, 1.165) is 0 Å². The summed E-state index contributed by atoms with van der Waals surface area (Å²) in [6.07, 6.45) is 0. The van der Waals surface area contributed by atoms with Gasteiger partial charge in [-0.3, -0.25) is 10.1 Å². The molecule has 0 saturated heterocycles. The van der Waals surface area contributed by atoms with E-state index >= 15 is 0 Å². The second-order valence-corrected chi connectivity index (χ2v) is 6.08. The maximum Gasteiger partial charge on any atom is 0.314 e. The number of nitro benzene ring substituents is 1. The first-order valence-corrected chi connectivity index (χ1v) is 7.19. The molecule has 100 valence electrons. The van der Waals surface area contributed by atoms with Crippen LogP contribution in [0.5, 0.6) is 11.5 Å². The Morgan fingerprint density at radius 1 is 1.44 bits per heavy atom. The van der Waals surface area contributed by atoms with Gasteiger partial charge in [0.05, 0.1) is 23.9 Å². The van der Waals surface area contributed by atoms with Gasteiger partial charge in [-0.1, -0.05) is 0 Å². The zero-order chi connectivity index (χ0) is 13.8. The van der Waals surface area contributed by atoms with Crippen LogP contribution in [0, 0.1) is 10.1 Å². The minimum absolute atomic E-state index is 0.0406. The van der Waals surface area contributed by atoms with Crippen LogP contribution in [-0.2, 0) is 9.05 Å². The summed E-state index contributed by atoms with van der Waals surface area (Å²) in [5.41, 5.74) is -0.304. The highest BCUT2D eigenvalue weighted by Gasteiger charge is 2.17. The summed E-state index contributed by atoms with van der Waals surface area (Å²) in [7, 11) is 2.67. The number of ether oxygens (including phenoxy) is 2. The van der Waals surface area contributed by atoms with E-state index in [1.165, 1.54) is 25.3 Å². The standard InChI is InChI=1S/C9H10ClNO6S/c1-16-7-2-3-9(8(6-7)11(12)13)17-4-5-18(10,14)15/h2-3,6H,4-5H2,1H3. The summed E-state index contributed by atoms with van der Waals surface area (Å²) in [6, 6.07) is 3.99. The smallest absolute Gasteiger partial charge is 0.314 e. The van der Waals surface area contributed by atoms with Crippen molar-refractivity contribution in [2.24, 2.45) is 0 Å². The van der Waals surface area contributed by atoms with Crippen molar-refractivity contribution in [3.63, 3.8) is 0 Å². The predicted octanol–water partition coefficient (Wildman–Crippen LogP) is 1.55. The quantitative estimate of drug-likeness (QED) is 0.449. The molecular formula is C9H10ClNO6S. The van der Waals surface area contributed by atoms with Gasteiger partial charge in [0.25, 0.3) is 0 Å². The average molecular weight is 296 g/mol. The Hall–Kier alpha value is -1.54. The van der Waals surface area contributed by atoms with E-state index in [9.17, 15) is 18.5 Å². The number of nitro groups is 1. The zero-order valence-electron chi connectivity index (χ0n) is 9.33. The highest BCUT2D eigenvalue weighted by atomic mass is 35.7. The largest absolute Gasteiger partial charge is 0.496 e. The number of rotatable bonds is 6. The summed E-state index contributed by atoms with van der Waals surface area (Å²) >= 11 is 0. The lowest BCUT2D eigenvalue weighted by Gasteiger charge is -2.06. The highest BCUT2D eigenvalue weighted by Crippen LogP contribution is 2.30. The Morgan fingerprint density at radius 2 is 2.11 bits per heavy atom. The second kappa shape index (κ2) is 5.87. The van der Waals surface area contributed by atoms with Crippen molar-refractivity contribution < 1.29 is 22.8 Å². The molecule has 9 heteroatoms. The first-order valence-electron chi connectivity index (χ1n) is 4.71. The Morgan fingerprint density at radius 3 is 2.61 bits per heavy atom. The molecule has 1 aromatic carbocycles. The van der Waals surface area contributed by atoms with Gasteiger partial charge in [-0.05, 0) is 12.1 Å². The van der Waals surface area contributed by atoms with E-state index in [1.54, 1.807) is 0 Å². The van der Waals surface area contributed by atoms with Gasteiger partial charge in [-0.15, -0.1) is 0 Å². The van der Waals surface area contributed by atoms with E-state index in [0.29, 0.717) is 5.75 Å². The highest BCUT2D eigenvalue weighted by molar-refractivity contribution is 8.13. The third-order valence-corrected chi connectivity index (χ3v) is 3.06. The molecule has 0 aliphatic carbocycles. The molecule has 0 fully saturated rings. The topological polar surface area (TPSA) is 95.7 Å². The lowest BCUT2D eigenvalue weighted by Crippen LogP contribution is -2.09. The maximum absolute atomic E-state index is 10.8. The van der Waals surface area contributed by atoms with Gasteiger partial charge < -0.3 is 9.47 Å². The van der Waals surface area contributed by atoms with Gasteiger partial charge in [0.15, 0.2) is 5.75 Å². The second-order valence-electron chi connectivity index (χ2n) is 3.18. The molecule has 0 bridgehead atoms. The summed E-state index contributed by atoms with van der Waals surface area (Å²) in [5, 5.41) is 10.8. The molecule has 1 aromatic rings. The van der Waals surface area contributed by atoms with E-state index < -0.39 is 19.7 Å². The van der Waals surface area contributed by atoms with Gasteiger partial charge >= 0.3 is 5.69 Å². The van der Waals surface area contributed by atoms with Crippen LogP contribution in [0.1, 0.15) is 0 Å². The molecule has 0 N–H and O–H groups in total. The van der Waals surface area contributed by atoms with Crippen molar-refractivity contribution in [2.75, 3.05) is 19.5 Å². The average Bonchev–Trinajstić information content (AvgIpc) is 2.27. The Labute approximate surface area is 108 Å². The van der Waals surface area contributed by atoms with Crippen molar-refractivity contribution in [1.29, 1.82) is 0 Å². The summed E-state index contributed by atoms with van der Waals surface area (Å²) < 4.78 is 31.2. The molecule has 0 spiro atoms. The summed E-state index contributed by atoms with van der Waals surface area (Å²) in [5.74, 6) is -0.169. The molecule has 0 heterocycles. The van der Waals surface area contributed by atoms with Crippen molar-refractivity contribution in [3.8, 4) is 11.5 Å². The van der Waals surface area contributed by atoms with E-state index in [2.05, 4.69) is 0 Å². The molecule has 7 nitrogen and oxygen atoms in total. The van der Waals surface area contributed by atoms with Crippen LogP contribution in [-0.4, -0.2) is 32.8 Å². The fourth-order valence-electron chi connectivity index (χ4n) is 1.14. The molecular weight excluding hydrogens is 286 g/mol. The third-order valence-electron chi connectivity index (χ3n) is 1.95. The molecule has 0 aliphatic heterocycles. The van der Waals surface area contributed by atoms with E-state index in [4.69, 9.17) is 20.2 Å². The molecule has 0 aliphatic rings. The number of benzene rings is 1. The molecule has 0 atom stereocenters. The van der Waals surface area contributed by atoms with Gasteiger partial charge in [-0.25, -0.2) is 8.42 Å². The summed E-state index contributed by atoms with van der Waals surface area (Å²) in [4.78, 5) is 10.1. The fourth-order valence-corrected chi connectivity index (χ4v) is 1.61. The zero-order valence-corrected chi connectivity index (χ0v) is 10.9. The molecule has 0 radical (unpaired) electrons. The first-order chi connectivity index (χ1) is 8.33. The van der Waals surface area contributed by atoms with Crippen molar-refractivity contribution in [1.82, 2.24) is 0 Å². The number of methoxy groups -OCH3 is 1. The fraction of sp³-hybridized carbons (Fsp3) is 0.333. The molecule has 0 unspecified atom stereocenters. The molecule has 0 amide bonds. The molecule has 0 saturated carbocycles. The molecule has 0 aromatic heterocycles. The minimum atomic E-state index is -3.69. The lowest BCUT2D eigenvalue weighted by atomic mass is 10.3. The predicted molar refractivity (Wildman–Crippen MR) is 64.8 cm³/mol. The van der Waals surface area contributed by atoms with Gasteiger partial charge in [0.1, 0.15) is 12.4 Å². The molecule has 18 heavy (non-hydrogen) atoms. The van der Waals surface area contributed by atoms with Crippen LogP contribution < -0.4 is 9.47 Å². The lowest BCUT2D eigenvalue weighted by molar-refractivity contribution is -0.385. The first kappa shape index (κ1) is 14.5. The number of nitrogens with zero attached hydrogens (tertiary/aromatic N) is 1. The summed E-state index contributed by atoms with van der Waals surface area (Å²) in [6.45, 7) is -0.265. The Bertz CT molecular complexity index is 544. The van der Waals surface area contributed by atoms with E-state index in [1.807, 2.05) is 0 Å². The van der Waals surface area contributed by atoms with Crippen LogP contribution in [0.2, 0.25) is 0 Å². The van der Waals surface area contributed by atoms with Crippen molar-refractivity contribution in [2.45, 2.75) is 0 Å². The van der Waals surface area contributed by atoms with Crippen LogP contribution in [0.15, 0.2) is 18.2 Å². The van der Waals surface area contributed by atoms with Crippen molar-refractivity contribution in [3.05, 3.63) is 28.3 Å². The molecule has 1 rings (SSSR count). The third kappa shape index (κ3) is 4.38. The minimum Gasteiger partial charge on any atom is -0.496 e. The van der Waals surface area contributed by atoms with E-state index in [-0.39, 0.29) is 18.0 Å². The van der Waals surface area contributed by atoms with Gasteiger partial charge in [-0.2, -0.15) is 0 Å². The van der Waals surface area contributed by atoms with Crippen molar-refractivity contribution >= 4 is 25.4 Å². The number of hydrogen-bond donors (Lipinski definition) is 0. The SMILES string of the molecule is COc1ccc(OCCS(=O)(=O)Cl)c([N+](=O)[O-])c1. The van der Waals surface area contributed by atoms with Crippen LogP contribution in [0.3, 0.4) is 0 Å². The maximum atomic E-state index is 10.8.